The number of nitrogens with two attached hydrogens (primary N) is 1. The van der Waals surface area contributed by atoms with Crippen molar-refractivity contribution in [3.05, 3.63) is 56.4 Å². The van der Waals surface area contributed by atoms with Crippen molar-refractivity contribution < 1.29 is 5.11 Å². The van der Waals surface area contributed by atoms with Gasteiger partial charge < -0.3 is 16.2 Å². The topological polar surface area (TPSA) is 93.2 Å². The maximum Gasteiger partial charge on any atom is 0.283 e. The molecule has 1 heterocycles. The molecule has 1 aromatic heterocycles. The van der Waals surface area contributed by atoms with Gasteiger partial charge in [-0.05, 0) is 27.1 Å². The summed E-state index contributed by atoms with van der Waals surface area (Å²) in [5.74, 6) is 0. The van der Waals surface area contributed by atoms with Gasteiger partial charge in [0.25, 0.3) is 5.56 Å². The molecule has 0 aliphatic heterocycles. The Labute approximate surface area is 130 Å². The van der Waals surface area contributed by atoms with Gasteiger partial charge in [0.15, 0.2) is 0 Å². The number of nitrogens with zero attached hydrogens (tertiary/aromatic N) is 2. The first-order valence-corrected chi connectivity index (χ1v) is 7.34. The maximum absolute atomic E-state index is 12.0. The van der Waals surface area contributed by atoms with Gasteiger partial charge in [-0.3, -0.25) is 4.79 Å². The summed E-state index contributed by atoms with van der Waals surface area (Å²) in [6, 6.07) is 7.86. The Bertz CT molecular complexity index is 672. The summed E-state index contributed by atoms with van der Waals surface area (Å²) >= 11 is 3.27. The van der Waals surface area contributed by atoms with Crippen molar-refractivity contribution in [2.24, 2.45) is 5.73 Å². The first kappa shape index (κ1) is 15.7. The third-order valence-electron chi connectivity index (χ3n) is 3.10. The number of aliphatic hydroxyl groups is 1. The van der Waals surface area contributed by atoms with Gasteiger partial charge in [-0.1, -0.05) is 24.3 Å². The van der Waals surface area contributed by atoms with E-state index in [0.717, 1.165) is 11.1 Å². The van der Waals surface area contributed by atoms with E-state index >= 15 is 0 Å². The molecule has 0 aliphatic carbocycles. The van der Waals surface area contributed by atoms with Crippen molar-refractivity contribution in [2.45, 2.75) is 19.6 Å². The van der Waals surface area contributed by atoms with Crippen molar-refractivity contribution in [2.75, 3.05) is 11.9 Å². The van der Waals surface area contributed by atoms with Crippen LogP contribution in [0.15, 0.2) is 39.7 Å². The maximum atomic E-state index is 12.0. The summed E-state index contributed by atoms with van der Waals surface area (Å²) in [5.41, 5.74) is 8.17. The number of aliphatic hydroxyl groups excluding tert-OH is 1. The Morgan fingerprint density at radius 1 is 1.33 bits per heavy atom. The molecule has 21 heavy (non-hydrogen) atoms. The number of benzene rings is 1. The van der Waals surface area contributed by atoms with Gasteiger partial charge >= 0.3 is 0 Å². The van der Waals surface area contributed by atoms with E-state index in [0.29, 0.717) is 23.2 Å². The van der Waals surface area contributed by atoms with Gasteiger partial charge in [0, 0.05) is 13.1 Å². The number of halogens is 1. The van der Waals surface area contributed by atoms with Crippen molar-refractivity contribution in [1.29, 1.82) is 0 Å². The van der Waals surface area contributed by atoms with E-state index in [1.807, 2.05) is 24.3 Å². The van der Waals surface area contributed by atoms with E-state index in [1.54, 1.807) is 6.20 Å². The Morgan fingerprint density at radius 2 is 2.05 bits per heavy atom. The lowest BCUT2D eigenvalue weighted by Crippen LogP contribution is -2.25. The van der Waals surface area contributed by atoms with Crippen LogP contribution in [0.5, 0.6) is 0 Å². The molecule has 112 valence electrons. The van der Waals surface area contributed by atoms with Crippen LogP contribution in [0, 0.1) is 0 Å². The lowest BCUT2D eigenvalue weighted by atomic mass is 10.1. The summed E-state index contributed by atoms with van der Waals surface area (Å²) in [6.07, 6.45) is 1.56. The minimum Gasteiger partial charge on any atom is -0.394 e. The van der Waals surface area contributed by atoms with Gasteiger partial charge in [-0.25, -0.2) is 4.68 Å². The minimum absolute atomic E-state index is 0.129. The SMILES string of the molecule is NCc1ccccc1CNc1cnn(CCO)c(=O)c1Br. The van der Waals surface area contributed by atoms with Crippen LogP contribution in [0.25, 0.3) is 0 Å². The molecule has 4 N–H and O–H groups in total. The van der Waals surface area contributed by atoms with Gasteiger partial charge in [0.05, 0.1) is 25.0 Å². The number of hydrogen-bond acceptors (Lipinski definition) is 5. The Morgan fingerprint density at radius 3 is 2.71 bits per heavy atom. The zero-order chi connectivity index (χ0) is 15.2. The summed E-state index contributed by atoms with van der Waals surface area (Å²) in [4.78, 5) is 12.0. The molecular formula is C14H17BrN4O2. The zero-order valence-corrected chi connectivity index (χ0v) is 13.0. The smallest absolute Gasteiger partial charge is 0.283 e. The molecule has 0 saturated carbocycles. The molecule has 0 amide bonds. The molecule has 0 fully saturated rings. The minimum atomic E-state index is -0.277. The first-order chi connectivity index (χ1) is 10.2. The van der Waals surface area contributed by atoms with Crippen LogP contribution in [0.3, 0.4) is 0 Å². The third-order valence-corrected chi connectivity index (χ3v) is 3.87. The highest BCUT2D eigenvalue weighted by Gasteiger charge is 2.09. The van der Waals surface area contributed by atoms with Crippen molar-refractivity contribution in [3.63, 3.8) is 0 Å². The number of rotatable bonds is 6. The second-order valence-electron chi connectivity index (χ2n) is 4.45. The highest BCUT2D eigenvalue weighted by atomic mass is 79.9. The van der Waals surface area contributed by atoms with Crippen LogP contribution in [0.1, 0.15) is 11.1 Å². The van der Waals surface area contributed by atoms with E-state index in [4.69, 9.17) is 10.8 Å². The van der Waals surface area contributed by atoms with Crippen LogP contribution in [-0.2, 0) is 19.6 Å². The first-order valence-electron chi connectivity index (χ1n) is 6.54. The number of hydrogen-bond donors (Lipinski definition) is 3. The van der Waals surface area contributed by atoms with Gasteiger partial charge in [-0.2, -0.15) is 5.10 Å². The quantitative estimate of drug-likeness (QED) is 0.722. The summed E-state index contributed by atoms with van der Waals surface area (Å²) in [7, 11) is 0. The molecule has 0 radical (unpaired) electrons. The van der Waals surface area contributed by atoms with Crippen molar-refractivity contribution in [3.8, 4) is 0 Å². The van der Waals surface area contributed by atoms with Gasteiger partial charge in [0.2, 0.25) is 0 Å². The normalized spacial score (nSPS) is 10.6. The average Bonchev–Trinajstić information content (AvgIpc) is 2.51. The number of anilines is 1. The standard InChI is InChI=1S/C14H17BrN4O2/c15-13-12(9-18-19(5-6-20)14(13)21)17-8-11-4-2-1-3-10(11)7-16/h1-4,9,17,20H,5-8,16H2. The zero-order valence-electron chi connectivity index (χ0n) is 11.4. The van der Waals surface area contributed by atoms with Gasteiger partial charge in [0.1, 0.15) is 4.47 Å². The summed E-state index contributed by atoms with van der Waals surface area (Å²) in [5, 5.41) is 16.1. The molecule has 7 heteroatoms. The molecule has 1 aromatic carbocycles. The summed E-state index contributed by atoms with van der Waals surface area (Å²) < 4.78 is 1.61. The van der Waals surface area contributed by atoms with Crippen LogP contribution >= 0.6 is 15.9 Å². The number of nitrogens with one attached hydrogen (secondary N) is 1. The molecule has 0 atom stereocenters. The van der Waals surface area contributed by atoms with Crippen LogP contribution < -0.4 is 16.6 Å². The molecule has 0 unspecified atom stereocenters. The van der Waals surface area contributed by atoms with Crippen molar-refractivity contribution in [1.82, 2.24) is 9.78 Å². The predicted molar refractivity (Wildman–Crippen MR) is 84.9 cm³/mol. The Kier molecular flexibility index (Phi) is 5.49. The Hall–Kier alpha value is -1.70. The molecular weight excluding hydrogens is 336 g/mol. The van der Waals surface area contributed by atoms with Crippen LogP contribution in [-0.4, -0.2) is 21.5 Å². The van der Waals surface area contributed by atoms with E-state index in [9.17, 15) is 4.79 Å². The predicted octanol–water partition coefficient (Wildman–Crippen LogP) is 1.07. The molecule has 2 rings (SSSR count). The Balaban J connectivity index is 2.17. The highest BCUT2D eigenvalue weighted by Crippen LogP contribution is 2.18. The molecule has 0 bridgehead atoms. The number of aromatic nitrogens is 2. The fraction of sp³-hybridized carbons (Fsp3) is 0.286. The van der Waals surface area contributed by atoms with E-state index in [-0.39, 0.29) is 18.7 Å². The molecule has 6 nitrogen and oxygen atoms in total. The summed E-state index contributed by atoms with van der Waals surface area (Å²) in [6.45, 7) is 1.07. The van der Waals surface area contributed by atoms with E-state index < -0.39 is 0 Å². The second-order valence-corrected chi connectivity index (χ2v) is 5.24. The van der Waals surface area contributed by atoms with E-state index in [1.165, 1.54) is 4.68 Å². The monoisotopic (exact) mass is 352 g/mol. The molecule has 0 spiro atoms. The lowest BCUT2D eigenvalue weighted by molar-refractivity contribution is 0.266. The molecule has 2 aromatic rings. The largest absolute Gasteiger partial charge is 0.394 e. The second kappa shape index (κ2) is 7.35. The third kappa shape index (κ3) is 3.69. The van der Waals surface area contributed by atoms with Crippen LogP contribution in [0.4, 0.5) is 5.69 Å². The lowest BCUT2D eigenvalue weighted by Gasteiger charge is -2.12. The average molecular weight is 353 g/mol. The van der Waals surface area contributed by atoms with Crippen molar-refractivity contribution >= 4 is 21.6 Å². The fourth-order valence-electron chi connectivity index (χ4n) is 1.96. The molecule has 0 saturated heterocycles. The van der Waals surface area contributed by atoms with Gasteiger partial charge in [-0.15, -0.1) is 0 Å². The molecule has 0 aliphatic rings. The highest BCUT2D eigenvalue weighted by molar-refractivity contribution is 9.10. The van der Waals surface area contributed by atoms with Crippen LogP contribution in [0.2, 0.25) is 0 Å². The van der Waals surface area contributed by atoms with E-state index in [2.05, 4.69) is 26.3 Å². The fourth-order valence-corrected chi connectivity index (χ4v) is 2.41.